The van der Waals surface area contributed by atoms with Crippen LogP contribution in [0.4, 0.5) is 10.5 Å². The third kappa shape index (κ3) is 7.14. The van der Waals surface area contributed by atoms with Gasteiger partial charge in [0, 0.05) is 40.6 Å². The average molecular weight is 647 g/mol. The van der Waals surface area contributed by atoms with Gasteiger partial charge in [0.15, 0.2) is 0 Å². The third-order valence-electron chi connectivity index (χ3n) is 8.19. The summed E-state index contributed by atoms with van der Waals surface area (Å²) in [4.78, 5) is 27.4. The highest BCUT2D eigenvalue weighted by molar-refractivity contribution is 8.01. The number of nitrogens with zero attached hydrogens (tertiary/aromatic N) is 2. The first-order chi connectivity index (χ1) is 22.5. The molecule has 5 aromatic carbocycles. The molecule has 1 aliphatic rings. The molecule has 1 fully saturated rings. The van der Waals surface area contributed by atoms with Crippen molar-refractivity contribution in [3.05, 3.63) is 178 Å². The van der Waals surface area contributed by atoms with Gasteiger partial charge in [0.05, 0.1) is 9.67 Å². The van der Waals surface area contributed by atoms with Gasteiger partial charge in [0.1, 0.15) is 6.61 Å². The summed E-state index contributed by atoms with van der Waals surface area (Å²) in [6, 6.07) is 48.2. The third-order valence-corrected chi connectivity index (χ3v) is 11.1. The number of benzene rings is 5. The number of ether oxygens (including phenoxy) is 1. The summed E-state index contributed by atoms with van der Waals surface area (Å²) in [7, 11) is 0. The second-order valence-corrected chi connectivity index (χ2v) is 13.8. The van der Waals surface area contributed by atoms with Crippen LogP contribution in [-0.2, 0) is 16.1 Å². The molecule has 0 aromatic heterocycles. The van der Waals surface area contributed by atoms with Crippen LogP contribution in [0.25, 0.3) is 0 Å². The van der Waals surface area contributed by atoms with Gasteiger partial charge >= 0.3 is 6.09 Å². The first-order valence-electron chi connectivity index (χ1n) is 15.2. The fourth-order valence-corrected chi connectivity index (χ4v) is 8.88. The molecule has 5 aromatic rings. The highest BCUT2D eigenvalue weighted by Crippen LogP contribution is 2.52. The van der Waals surface area contributed by atoms with E-state index in [2.05, 4.69) is 84.9 Å². The number of non-ortho nitro benzene ring substituents is 1. The Morgan fingerprint density at radius 3 is 1.76 bits per heavy atom. The lowest BCUT2D eigenvalue weighted by molar-refractivity contribution is -0.384. The smallest absolute Gasteiger partial charge is 0.410 e. The molecule has 1 amide bonds. The van der Waals surface area contributed by atoms with Gasteiger partial charge in [0.25, 0.3) is 5.69 Å². The summed E-state index contributed by atoms with van der Waals surface area (Å²) in [5.41, 5.74) is 4.27. The van der Waals surface area contributed by atoms with Crippen molar-refractivity contribution in [1.82, 2.24) is 4.90 Å². The van der Waals surface area contributed by atoms with E-state index < -0.39 is 9.67 Å². The second kappa shape index (κ2) is 14.7. The molecule has 0 bridgehead atoms. The molecule has 0 N–H and O–H groups in total. The number of nitro groups is 1. The SMILES string of the molecule is O=C(OCc1ccc([N+](=O)[O-])cc1)N1C[C@@H](SC(c2ccccc2)(c2ccccc2)c2ccccc2)C[C@H]1CSc1ccccc1. The number of carbonyl (C=O) groups is 1. The Hall–Kier alpha value is -4.53. The molecule has 0 aliphatic carbocycles. The Bertz CT molecular complexity index is 1630. The molecule has 6 nitrogen and oxygen atoms in total. The molecule has 0 spiro atoms. The van der Waals surface area contributed by atoms with E-state index >= 15 is 0 Å². The Kier molecular flexibility index (Phi) is 10.1. The van der Waals surface area contributed by atoms with Crippen LogP contribution in [0, 0.1) is 10.1 Å². The van der Waals surface area contributed by atoms with Crippen LogP contribution in [0.15, 0.2) is 150 Å². The minimum Gasteiger partial charge on any atom is -0.445 e. The highest BCUT2D eigenvalue weighted by atomic mass is 32.2. The van der Waals surface area contributed by atoms with Crippen molar-refractivity contribution in [3.63, 3.8) is 0 Å². The number of carbonyl (C=O) groups excluding carboxylic acids is 1. The van der Waals surface area contributed by atoms with Crippen LogP contribution >= 0.6 is 23.5 Å². The minimum atomic E-state index is -0.496. The van der Waals surface area contributed by atoms with Gasteiger partial charge in [-0.3, -0.25) is 10.1 Å². The van der Waals surface area contributed by atoms with Gasteiger partial charge in [-0.15, -0.1) is 23.5 Å². The van der Waals surface area contributed by atoms with E-state index in [9.17, 15) is 14.9 Å². The summed E-state index contributed by atoms with van der Waals surface area (Å²) in [6.45, 7) is 0.587. The summed E-state index contributed by atoms with van der Waals surface area (Å²) in [6.07, 6.45) is 0.440. The molecule has 46 heavy (non-hydrogen) atoms. The van der Waals surface area contributed by atoms with Crippen molar-refractivity contribution < 1.29 is 14.5 Å². The zero-order valence-electron chi connectivity index (χ0n) is 25.2. The summed E-state index contributed by atoms with van der Waals surface area (Å²) < 4.78 is 5.33. The van der Waals surface area contributed by atoms with E-state index in [4.69, 9.17) is 4.74 Å². The molecular weight excluding hydrogens is 613 g/mol. The minimum absolute atomic E-state index is 0.00576. The van der Waals surface area contributed by atoms with E-state index in [1.54, 1.807) is 23.9 Å². The van der Waals surface area contributed by atoms with E-state index in [0.717, 1.165) is 17.1 Å². The van der Waals surface area contributed by atoms with Crippen molar-refractivity contribution in [3.8, 4) is 0 Å². The van der Waals surface area contributed by atoms with Crippen molar-refractivity contribution in [2.75, 3.05) is 12.3 Å². The molecule has 232 valence electrons. The van der Waals surface area contributed by atoms with Gasteiger partial charge in [-0.05, 0) is 52.9 Å². The van der Waals surface area contributed by atoms with Crippen LogP contribution in [0.3, 0.4) is 0 Å². The first kappa shape index (κ1) is 31.5. The molecule has 1 saturated heterocycles. The molecule has 2 atom stereocenters. The predicted molar refractivity (Wildman–Crippen MR) is 186 cm³/mol. The molecule has 1 heterocycles. The molecule has 6 rings (SSSR count). The average Bonchev–Trinajstić information content (AvgIpc) is 3.53. The first-order valence-corrected chi connectivity index (χ1v) is 17.1. The number of amides is 1. The Morgan fingerprint density at radius 1 is 0.761 bits per heavy atom. The predicted octanol–water partition coefficient (Wildman–Crippen LogP) is 9.19. The molecule has 8 heteroatoms. The Balaban J connectivity index is 1.29. The van der Waals surface area contributed by atoms with Gasteiger partial charge in [0.2, 0.25) is 0 Å². The van der Waals surface area contributed by atoms with Crippen LogP contribution in [-0.4, -0.2) is 39.5 Å². The highest BCUT2D eigenvalue weighted by Gasteiger charge is 2.44. The van der Waals surface area contributed by atoms with E-state index in [1.165, 1.54) is 28.8 Å². The summed E-state index contributed by atoms with van der Waals surface area (Å²) >= 11 is 3.65. The lowest BCUT2D eigenvalue weighted by Crippen LogP contribution is -2.37. The number of hydrogen-bond acceptors (Lipinski definition) is 6. The lowest BCUT2D eigenvalue weighted by atomic mass is 9.84. The molecular formula is C38H34N2O4S2. The van der Waals surface area contributed by atoms with Crippen LogP contribution in [0.5, 0.6) is 0 Å². The molecule has 0 saturated carbocycles. The lowest BCUT2D eigenvalue weighted by Gasteiger charge is -2.37. The number of likely N-dealkylation sites (tertiary alicyclic amines) is 1. The van der Waals surface area contributed by atoms with Gasteiger partial charge in [-0.1, -0.05) is 109 Å². The fourth-order valence-electron chi connectivity index (χ4n) is 5.96. The number of nitro benzene ring substituents is 1. The monoisotopic (exact) mass is 646 g/mol. The zero-order chi connectivity index (χ0) is 31.8. The van der Waals surface area contributed by atoms with Crippen LogP contribution in [0.2, 0.25) is 0 Å². The topological polar surface area (TPSA) is 72.7 Å². The van der Waals surface area contributed by atoms with E-state index in [0.29, 0.717) is 12.1 Å². The summed E-state index contributed by atoms with van der Waals surface area (Å²) in [5.74, 6) is 0.739. The standard InChI is InChI=1S/C38H34N2O4S2/c41-37(44-27-29-21-23-33(24-22-29)40(42)43)39-26-36(25-34(39)28-45-35-19-11-4-12-20-35)46-38(30-13-5-1-6-14-30,31-15-7-2-8-16-31)32-17-9-3-10-18-32/h1-24,34,36H,25-28H2/t34-,36-/m0/s1. The number of rotatable bonds is 11. The van der Waals surface area contributed by atoms with Crippen molar-refractivity contribution >= 4 is 35.3 Å². The fraction of sp³-hybridized carbons (Fsp3) is 0.184. The normalized spacial score (nSPS) is 16.2. The maximum atomic E-state index is 13.7. The van der Waals surface area contributed by atoms with Crippen molar-refractivity contribution in [2.24, 2.45) is 0 Å². The molecule has 0 radical (unpaired) electrons. The number of thioether (sulfide) groups is 2. The van der Waals surface area contributed by atoms with E-state index in [1.807, 2.05) is 53.1 Å². The van der Waals surface area contributed by atoms with Crippen LogP contribution < -0.4 is 0 Å². The summed E-state index contributed by atoms with van der Waals surface area (Å²) in [5, 5.41) is 11.2. The van der Waals surface area contributed by atoms with E-state index in [-0.39, 0.29) is 29.7 Å². The maximum absolute atomic E-state index is 13.7. The molecule has 0 unspecified atom stereocenters. The zero-order valence-corrected chi connectivity index (χ0v) is 26.8. The van der Waals surface area contributed by atoms with Gasteiger partial charge < -0.3 is 9.64 Å². The van der Waals surface area contributed by atoms with Crippen LogP contribution in [0.1, 0.15) is 28.7 Å². The Labute approximate surface area is 278 Å². The molecule has 1 aliphatic heterocycles. The van der Waals surface area contributed by atoms with Gasteiger partial charge in [-0.2, -0.15) is 0 Å². The van der Waals surface area contributed by atoms with Gasteiger partial charge in [-0.25, -0.2) is 4.79 Å². The second-order valence-electron chi connectivity index (χ2n) is 11.2. The van der Waals surface area contributed by atoms with Crippen molar-refractivity contribution in [1.29, 1.82) is 0 Å². The largest absolute Gasteiger partial charge is 0.445 e. The van der Waals surface area contributed by atoms with Crippen molar-refractivity contribution in [2.45, 2.75) is 34.0 Å². The quantitative estimate of drug-likeness (QED) is 0.0617. The Morgan fingerprint density at radius 2 is 1.26 bits per heavy atom. The number of hydrogen-bond donors (Lipinski definition) is 0. The maximum Gasteiger partial charge on any atom is 0.410 e.